The number of benzene rings is 1. The Kier molecular flexibility index (Phi) is 3.42. The highest BCUT2D eigenvalue weighted by molar-refractivity contribution is 6.00. The summed E-state index contributed by atoms with van der Waals surface area (Å²) in [6.45, 7) is 2.37. The number of carbonyl (C=O) groups is 1. The smallest absolute Gasteiger partial charge is 0.256 e. The third-order valence-electron chi connectivity index (χ3n) is 4.08. The number of likely N-dealkylation sites (N-methyl/N-ethyl adjacent to an activating group) is 1. The first kappa shape index (κ1) is 12.5. The number of nitrogens with zero attached hydrogens (tertiary/aromatic N) is 1. The summed E-state index contributed by atoms with van der Waals surface area (Å²) in [6, 6.07) is 6.23. The summed E-state index contributed by atoms with van der Waals surface area (Å²) in [4.78, 5) is 14.5. The van der Waals surface area contributed by atoms with Crippen LogP contribution in [0, 0.1) is 0 Å². The molecule has 1 saturated heterocycles. The van der Waals surface area contributed by atoms with Gasteiger partial charge in [0.05, 0.1) is 23.9 Å². The monoisotopic (exact) mass is 260 g/mol. The number of ether oxygens (including phenoxy) is 1. The van der Waals surface area contributed by atoms with Crippen LogP contribution in [-0.2, 0) is 11.2 Å². The van der Waals surface area contributed by atoms with Gasteiger partial charge in [-0.2, -0.15) is 0 Å². The molecule has 1 amide bonds. The maximum absolute atomic E-state index is 12.6. The molecular weight excluding hydrogens is 240 g/mol. The number of aryl methyl sites for hydroxylation is 1. The van der Waals surface area contributed by atoms with Gasteiger partial charge in [-0.1, -0.05) is 12.1 Å². The van der Waals surface area contributed by atoms with E-state index in [-0.39, 0.29) is 11.9 Å². The van der Waals surface area contributed by atoms with E-state index in [9.17, 15) is 4.79 Å². The Bertz CT molecular complexity index is 481. The SMILES string of the molecule is CN(C(=O)c1cccc2c1NCCC2)C1CCOC1. The molecule has 0 saturated carbocycles. The third kappa shape index (κ3) is 2.32. The second-order valence-electron chi connectivity index (χ2n) is 5.30. The number of carbonyl (C=O) groups excluding carboxylic acids is 1. The van der Waals surface area contributed by atoms with E-state index in [2.05, 4.69) is 11.4 Å². The molecule has 4 heteroatoms. The van der Waals surface area contributed by atoms with Crippen LogP contribution < -0.4 is 5.32 Å². The summed E-state index contributed by atoms with van der Waals surface area (Å²) >= 11 is 0. The Morgan fingerprint density at radius 2 is 2.37 bits per heavy atom. The van der Waals surface area contributed by atoms with Crippen molar-refractivity contribution in [3.63, 3.8) is 0 Å². The highest BCUT2D eigenvalue weighted by atomic mass is 16.5. The lowest BCUT2D eigenvalue weighted by Crippen LogP contribution is -2.38. The molecule has 1 unspecified atom stereocenters. The minimum atomic E-state index is 0.0988. The average Bonchev–Trinajstić information content (AvgIpc) is 2.99. The third-order valence-corrected chi connectivity index (χ3v) is 4.08. The van der Waals surface area contributed by atoms with Crippen molar-refractivity contribution in [2.45, 2.75) is 25.3 Å². The summed E-state index contributed by atoms with van der Waals surface area (Å²) in [7, 11) is 1.88. The van der Waals surface area contributed by atoms with E-state index in [0.717, 1.165) is 43.7 Å². The first-order valence-corrected chi connectivity index (χ1v) is 6.98. The summed E-state index contributed by atoms with van der Waals surface area (Å²) in [5, 5.41) is 3.38. The molecule has 0 bridgehead atoms. The molecule has 2 aliphatic heterocycles. The highest BCUT2D eigenvalue weighted by Gasteiger charge is 2.27. The van der Waals surface area contributed by atoms with Gasteiger partial charge in [0.1, 0.15) is 0 Å². The Labute approximate surface area is 113 Å². The fourth-order valence-corrected chi connectivity index (χ4v) is 2.87. The lowest BCUT2D eigenvalue weighted by molar-refractivity contribution is 0.0712. The fraction of sp³-hybridized carbons (Fsp3) is 0.533. The molecule has 1 aromatic rings. The maximum atomic E-state index is 12.6. The molecule has 0 spiro atoms. The van der Waals surface area contributed by atoms with Crippen molar-refractivity contribution in [3.05, 3.63) is 29.3 Å². The number of para-hydroxylation sites is 1. The van der Waals surface area contributed by atoms with E-state index in [1.807, 2.05) is 24.1 Å². The minimum absolute atomic E-state index is 0.0988. The lowest BCUT2D eigenvalue weighted by Gasteiger charge is -2.26. The number of hydrogen-bond acceptors (Lipinski definition) is 3. The van der Waals surface area contributed by atoms with Crippen molar-refractivity contribution in [2.24, 2.45) is 0 Å². The van der Waals surface area contributed by atoms with Crippen LogP contribution in [0.2, 0.25) is 0 Å². The van der Waals surface area contributed by atoms with E-state index < -0.39 is 0 Å². The Hall–Kier alpha value is -1.55. The summed E-state index contributed by atoms with van der Waals surface area (Å²) in [5.74, 6) is 0.0988. The topological polar surface area (TPSA) is 41.6 Å². The van der Waals surface area contributed by atoms with Gasteiger partial charge in [0.2, 0.25) is 0 Å². The molecule has 1 aromatic carbocycles. The second-order valence-corrected chi connectivity index (χ2v) is 5.30. The molecule has 0 aromatic heterocycles. The van der Waals surface area contributed by atoms with Gasteiger partial charge in [-0.25, -0.2) is 0 Å². The van der Waals surface area contributed by atoms with Crippen LogP contribution in [0.25, 0.3) is 0 Å². The standard InChI is InChI=1S/C15H20N2O2/c1-17(12-7-9-19-10-12)15(18)13-6-2-4-11-5-3-8-16-14(11)13/h2,4,6,12,16H,3,5,7-10H2,1H3. The van der Waals surface area contributed by atoms with Gasteiger partial charge in [0.25, 0.3) is 5.91 Å². The zero-order valence-corrected chi connectivity index (χ0v) is 11.3. The predicted octanol–water partition coefficient (Wildman–Crippen LogP) is 1.91. The zero-order chi connectivity index (χ0) is 13.2. The highest BCUT2D eigenvalue weighted by Crippen LogP contribution is 2.27. The number of fused-ring (bicyclic) bond motifs is 1. The largest absolute Gasteiger partial charge is 0.384 e. The van der Waals surface area contributed by atoms with Gasteiger partial charge in [0.15, 0.2) is 0 Å². The Balaban J connectivity index is 1.86. The summed E-state index contributed by atoms with van der Waals surface area (Å²) < 4.78 is 5.37. The zero-order valence-electron chi connectivity index (χ0n) is 11.3. The molecule has 102 valence electrons. The van der Waals surface area contributed by atoms with Crippen LogP contribution in [0.3, 0.4) is 0 Å². The average molecular weight is 260 g/mol. The number of nitrogens with one attached hydrogen (secondary N) is 1. The van der Waals surface area contributed by atoms with Crippen LogP contribution in [0.4, 0.5) is 5.69 Å². The van der Waals surface area contributed by atoms with Crippen LogP contribution in [0.1, 0.15) is 28.8 Å². The predicted molar refractivity (Wildman–Crippen MR) is 74.6 cm³/mol. The van der Waals surface area contributed by atoms with Gasteiger partial charge < -0.3 is 15.0 Å². The van der Waals surface area contributed by atoms with E-state index in [4.69, 9.17) is 4.74 Å². The fourth-order valence-electron chi connectivity index (χ4n) is 2.87. The maximum Gasteiger partial charge on any atom is 0.256 e. The van der Waals surface area contributed by atoms with Crippen molar-refractivity contribution >= 4 is 11.6 Å². The number of hydrogen-bond donors (Lipinski definition) is 1. The van der Waals surface area contributed by atoms with Crippen LogP contribution in [0.5, 0.6) is 0 Å². The minimum Gasteiger partial charge on any atom is -0.384 e. The molecule has 3 rings (SSSR count). The molecule has 2 heterocycles. The number of anilines is 1. The van der Waals surface area contributed by atoms with Crippen molar-refractivity contribution in [1.29, 1.82) is 0 Å². The first-order valence-electron chi connectivity index (χ1n) is 6.98. The van der Waals surface area contributed by atoms with Gasteiger partial charge >= 0.3 is 0 Å². The number of rotatable bonds is 2. The molecule has 1 N–H and O–H groups in total. The number of amides is 1. The second kappa shape index (κ2) is 5.21. The van der Waals surface area contributed by atoms with E-state index in [0.29, 0.717) is 6.61 Å². The normalized spacial score (nSPS) is 21.6. The molecule has 2 aliphatic rings. The van der Waals surface area contributed by atoms with Gasteiger partial charge in [-0.3, -0.25) is 4.79 Å². The summed E-state index contributed by atoms with van der Waals surface area (Å²) in [5.41, 5.74) is 3.09. The molecule has 4 nitrogen and oxygen atoms in total. The van der Waals surface area contributed by atoms with Gasteiger partial charge in [-0.15, -0.1) is 0 Å². The van der Waals surface area contributed by atoms with E-state index >= 15 is 0 Å². The molecule has 0 aliphatic carbocycles. The van der Waals surface area contributed by atoms with Crippen LogP contribution in [0.15, 0.2) is 18.2 Å². The summed E-state index contributed by atoms with van der Waals surface area (Å²) in [6.07, 6.45) is 3.13. The quantitative estimate of drug-likeness (QED) is 0.883. The Morgan fingerprint density at radius 1 is 1.47 bits per heavy atom. The molecule has 19 heavy (non-hydrogen) atoms. The van der Waals surface area contributed by atoms with Crippen molar-refractivity contribution in [2.75, 3.05) is 32.1 Å². The van der Waals surface area contributed by atoms with Gasteiger partial charge in [0, 0.05) is 20.2 Å². The molecule has 0 radical (unpaired) electrons. The molecular formula is C15H20N2O2. The van der Waals surface area contributed by atoms with Crippen molar-refractivity contribution in [3.8, 4) is 0 Å². The van der Waals surface area contributed by atoms with E-state index in [1.165, 1.54) is 5.56 Å². The van der Waals surface area contributed by atoms with Crippen LogP contribution >= 0.6 is 0 Å². The van der Waals surface area contributed by atoms with E-state index in [1.54, 1.807) is 0 Å². The van der Waals surface area contributed by atoms with Gasteiger partial charge in [-0.05, 0) is 30.9 Å². The first-order chi connectivity index (χ1) is 9.27. The van der Waals surface area contributed by atoms with Crippen LogP contribution in [-0.4, -0.2) is 43.7 Å². The van der Waals surface area contributed by atoms with Crippen molar-refractivity contribution in [1.82, 2.24) is 4.90 Å². The van der Waals surface area contributed by atoms with Crippen molar-refractivity contribution < 1.29 is 9.53 Å². The Morgan fingerprint density at radius 3 is 3.16 bits per heavy atom. The lowest BCUT2D eigenvalue weighted by atomic mass is 9.98. The molecule has 1 atom stereocenters. The molecule has 1 fully saturated rings.